The van der Waals surface area contributed by atoms with Gasteiger partial charge in [0.1, 0.15) is 0 Å². The number of anilines is 1. The lowest BCUT2D eigenvalue weighted by Gasteiger charge is -2.09. The quantitative estimate of drug-likeness (QED) is 0.291. The van der Waals surface area contributed by atoms with Gasteiger partial charge in [0.15, 0.2) is 5.96 Å². The second-order valence-electron chi connectivity index (χ2n) is 4.08. The van der Waals surface area contributed by atoms with Crippen molar-refractivity contribution >= 4 is 11.6 Å². The van der Waals surface area contributed by atoms with Gasteiger partial charge >= 0.3 is 0 Å². The van der Waals surface area contributed by atoms with Gasteiger partial charge in [-0.15, -0.1) is 6.58 Å². The van der Waals surface area contributed by atoms with Crippen LogP contribution in [0, 0.1) is 0 Å². The molecule has 0 saturated heterocycles. The van der Waals surface area contributed by atoms with Gasteiger partial charge in [0.2, 0.25) is 0 Å². The van der Waals surface area contributed by atoms with Crippen LogP contribution in [-0.2, 0) is 0 Å². The molecule has 4 heteroatoms. The van der Waals surface area contributed by atoms with E-state index >= 15 is 0 Å². The molecule has 1 rings (SSSR count). The molecule has 0 aliphatic rings. The fourth-order valence-electron chi connectivity index (χ4n) is 1.57. The summed E-state index contributed by atoms with van der Waals surface area (Å²) in [5.74, 6) is 0.849. The van der Waals surface area contributed by atoms with Gasteiger partial charge in [-0.25, -0.2) is 0 Å². The van der Waals surface area contributed by atoms with Gasteiger partial charge in [-0.1, -0.05) is 24.3 Å². The van der Waals surface area contributed by atoms with Crippen molar-refractivity contribution in [3.05, 3.63) is 43.0 Å². The minimum atomic E-state index is 0.730. The van der Waals surface area contributed by atoms with E-state index in [0.29, 0.717) is 0 Å². The molecule has 0 radical (unpaired) electrons. The van der Waals surface area contributed by atoms with Crippen LogP contribution in [0.4, 0.5) is 5.69 Å². The van der Waals surface area contributed by atoms with Crippen LogP contribution in [0.15, 0.2) is 48.0 Å². The molecule has 1 aromatic rings. The van der Waals surface area contributed by atoms with Crippen LogP contribution in [0.1, 0.15) is 13.3 Å². The van der Waals surface area contributed by atoms with Crippen molar-refractivity contribution in [1.82, 2.24) is 10.6 Å². The first-order valence-corrected chi connectivity index (χ1v) is 6.78. The topological polar surface area (TPSA) is 48.5 Å². The Morgan fingerprint density at radius 3 is 2.74 bits per heavy atom. The van der Waals surface area contributed by atoms with E-state index in [1.807, 2.05) is 24.3 Å². The first-order valence-electron chi connectivity index (χ1n) is 6.78. The first-order chi connectivity index (χ1) is 9.36. The molecule has 0 fully saturated rings. The normalized spacial score (nSPS) is 10.9. The summed E-state index contributed by atoms with van der Waals surface area (Å²) in [6, 6.07) is 10.2. The zero-order valence-corrected chi connectivity index (χ0v) is 11.7. The molecule has 3 N–H and O–H groups in total. The zero-order valence-electron chi connectivity index (χ0n) is 11.7. The largest absolute Gasteiger partial charge is 0.385 e. The summed E-state index contributed by atoms with van der Waals surface area (Å²) in [5, 5.41) is 9.74. The SMILES string of the molecule is C=CCNC(=NCCCNc1ccccc1)NCC. The van der Waals surface area contributed by atoms with Crippen LogP contribution in [0.3, 0.4) is 0 Å². The predicted molar refractivity (Wildman–Crippen MR) is 83.7 cm³/mol. The molecule has 0 unspecified atom stereocenters. The minimum absolute atomic E-state index is 0.730. The molecule has 0 bridgehead atoms. The highest BCUT2D eigenvalue weighted by Gasteiger charge is 1.94. The molecule has 0 saturated carbocycles. The fraction of sp³-hybridized carbons (Fsp3) is 0.400. The van der Waals surface area contributed by atoms with Crippen molar-refractivity contribution in [3.8, 4) is 0 Å². The Bertz CT molecular complexity index is 373. The zero-order chi connectivity index (χ0) is 13.8. The van der Waals surface area contributed by atoms with Crippen LogP contribution in [0.25, 0.3) is 0 Å². The maximum atomic E-state index is 4.49. The van der Waals surface area contributed by atoms with Gasteiger partial charge in [0.05, 0.1) is 0 Å². The van der Waals surface area contributed by atoms with Crippen LogP contribution in [-0.4, -0.2) is 32.1 Å². The van der Waals surface area contributed by atoms with Gasteiger partial charge in [0.25, 0.3) is 0 Å². The van der Waals surface area contributed by atoms with Gasteiger partial charge in [-0.05, 0) is 25.5 Å². The van der Waals surface area contributed by atoms with E-state index in [0.717, 1.165) is 44.2 Å². The Morgan fingerprint density at radius 1 is 1.26 bits per heavy atom. The molecule has 0 aliphatic carbocycles. The number of nitrogens with zero attached hydrogens (tertiary/aromatic N) is 1. The molecular formula is C15H24N4. The Labute approximate surface area is 116 Å². The van der Waals surface area contributed by atoms with E-state index in [1.165, 1.54) is 0 Å². The van der Waals surface area contributed by atoms with E-state index in [-0.39, 0.29) is 0 Å². The van der Waals surface area contributed by atoms with Gasteiger partial charge in [0, 0.05) is 31.9 Å². The highest BCUT2D eigenvalue weighted by molar-refractivity contribution is 5.79. The minimum Gasteiger partial charge on any atom is -0.385 e. The Hall–Kier alpha value is -1.97. The molecular weight excluding hydrogens is 236 g/mol. The number of rotatable bonds is 8. The van der Waals surface area contributed by atoms with Gasteiger partial charge in [-0.2, -0.15) is 0 Å². The number of benzene rings is 1. The third-order valence-corrected chi connectivity index (χ3v) is 2.47. The van der Waals surface area contributed by atoms with E-state index in [4.69, 9.17) is 0 Å². The number of guanidine groups is 1. The molecule has 0 heterocycles. The Morgan fingerprint density at radius 2 is 2.05 bits per heavy atom. The molecule has 0 spiro atoms. The molecule has 4 nitrogen and oxygen atoms in total. The molecule has 0 amide bonds. The van der Waals surface area contributed by atoms with Crippen molar-refractivity contribution < 1.29 is 0 Å². The van der Waals surface area contributed by atoms with Gasteiger partial charge < -0.3 is 16.0 Å². The molecule has 104 valence electrons. The smallest absolute Gasteiger partial charge is 0.191 e. The summed E-state index contributed by atoms with van der Waals surface area (Å²) in [6.07, 6.45) is 2.82. The summed E-state index contributed by atoms with van der Waals surface area (Å²) in [5.41, 5.74) is 1.16. The molecule has 19 heavy (non-hydrogen) atoms. The maximum absolute atomic E-state index is 4.49. The van der Waals surface area contributed by atoms with Crippen molar-refractivity contribution in [1.29, 1.82) is 0 Å². The van der Waals surface area contributed by atoms with Gasteiger partial charge in [-0.3, -0.25) is 4.99 Å². The lowest BCUT2D eigenvalue weighted by atomic mass is 10.3. The summed E-state index contributed by atoms with van der Waals surface area (Å²) >= 11 is 0. The number of aliphatic imine (C=N–C) groups is 1. The van der Waals surface area contributed by atoms with Crippen LogP contribution >= 0.6 is 0 Å². The monoisotopic (exact) mass is 260 g/mol. The standard InChI is InChI=1S/C15H24N4/c1-3-11-18-15(16-4-2)19-13-8-12-17-14-9-6-5-7-10-14/h3,5-7,9-10,17H,1,4,8,11-13H2,2H3,(H2,16,18,19). The van der Waals surface area contributed by atoms with Crippen LogP contribution in [0.2, 0.25) is 0 Å². The van der Waals surface area contributed by atoms with Crippen LogP contribution < -0.4 is 16.0 Å². The second-order valence-corrected chi connectivity index (χ2v) is 4.08. The predicted octanol–water partition coefficient (Wildman–Crippen LogP) is 2.23. The molecule has 0 atom stereocenters. The number of hydrogen-bond donors (Lipinski definition) is 3. The van der Waals surface area contributed by atoms with E-state index in [2.05, 4.69) is 46.6 Å². The number of para-hydroxylation sites is 1. The molecule has 0 aromatic heterocycles. The fourth-order valence-corrected chi connectivity index (χ4v) is 1.57. The number of nitrogens with one attached hydrogen (secondary N) is 3. The summed E-state index contributed by atoms with van der Waals surface area (Å²) in [4.78, 5) is 4.49. The van der Waals surface area contributed by atoms with E-state index < -0.39 is 0 Å². The number of hydrogen-bond acceptors (Lipinski definition) is 2. The van der Waals surface area contributed by atoms with Crippen molar-refractivity contribution in [2.24, 2.45) is 4.99 Å². The molecule has 0 aliphatic heterocycles. The van der Waals surface area contributed by atoms with Crippen molar-refractivity contribution in [3.63, 3.8) is 0 Å². The second kappa shape index (κ2) is 10.00. The van der Waals surface area contributed by atoms with E-state index in [9.17, 15) is 0 Å². The Balaban J connectivity index is 2.21. The van der Waals surface area contributed by atoms with Crippen molar-refractivity contribution in [2.45, 2.75) is 13.3 Å². The highest BCUT2D eigenvalue weighted by Crippen LogP contribution is 2.04. The Kier molecular flexibility index (Phi) is 7.94. The third kappa shape index (κ3) is 7.13. The van der Waals surface area contributed by atoms with Crippen molar-refractivity contribution in [2.75, 3.05) is 31.5 Å². The lowest BCUT2D eigenvalue weighted by Crippen LogP contribution is -2.37. The van der Waals surface area contributed by atoms with E-state index in [1.54, 1.807) is 0 Å². The lowest BCUT2D eigenvalue weighted by molar-refractivity contribution is 0.825. The summed E-state index contributed by atoms with van der Waals surface area (Å²) in [7, 11) is 0. The highest BCUT2D eigenvalue weighted by atomic mass is 15.2. The molecule has 1 aromatic carbocycles. The summed E-state index contributed by atoms with van der Waals surface area (Å²) in [6.45, 7) is 9.06. The maximum Gasteiger partial charge on any atom is 0.191 e. The third-order valence-electron chi connectivity index (χ3n) is 2.47. The van der Waals surface area contributed by atoms with Crippen LogP contribution in [0.5, 0.6) is 0 Å². The first kappa shape index (κ1) is 15.1. The summed E-state index contributed by atoms with van der Waals surface area (Å²) < 4.78 is 0. The average molecular weight is 260 g/mol. The average Bonchev–Trinajstić information content (AvgIpc) is 2.45.